The summed E-state index contributed by atoms with van der Waals surface area (Å²) in [6.45, 7) is 0. The van der Waals surface area contributed by atoms with Crippen LogP contribution in [0.15, 0.2) is 95.1 Å². The summed E-state index contributed by atoms with van der Waals surface area (Å²) in [4.78, 5) is 26.1. The SMILES string of the molecule is CSc1ccc(-c2ccc(NC(=O)C3=C(O)C(c4ccccc4)NC3=O)cc2)cc1. The van der Waals surface area contributed by atoms with Crippen LogP contribution < -0.4 is 10.6 Å². The standard InChI is InChI=1S/C24H20N2O3S/c1-30-19-13-9-16(10-14-19)15-7-11-18(12-8-15)25-23(28)20-22(27)21(26-24(20)29)17-5-3-2-4-6-17/h2-14,21,27H,1H3,(H,25,28)(H,26,29). The van der Waals surface area contributed by atoms with E-state index in [1.54, 1.807) is 36.0 Å². The van der Waals surface area contributed by atoms with E-state index in [-0.39, 0.29) is 11.3 Å². The molecule has 1 atom stereocenters. The monoisotopic (exact) mass is 416 g/mol. The third kappa shape index (κ3) is 3.95. The summed E-state index contributed by atoms with van der Waals surface area (Å²) in [5.74, 6) is -1.50. The molecule has 0 saturated heterocycles. The maximum Gasteiger partial charge on any atom is 0.264 e. The van der Waals surface area contributed by atoms with Gasteiger partial charge in [0, 0.05) is 10.6 Å². The summed E-state index contributed by atoms with van der Waals surface area (Å²) >= 11 is 1.69. The molecule has 1 heterocycles. The molecule has 6 heteroatoms. The summed E-state index contributed by atoms with van der Waals surface area (Å²) < 4.78 is 0. The van der Waals surface area contributed by atoms with Crippen molar-refractivity contribution in [2.75, 3.05) is 11.6 Å². The van der Waals surface area contributed by atoms with Crippen molar-refractivity contribution in [3.63, 3.8) is 0 Å². The Balaban J connectivity index is 1.50. The predicted molar refractivity (Wildman–Crippen MR) is 119 cm³/mol. The maximum absolute atomic E-state index is 12.6. The summed E-state index contributed by atoms with van der Waals surface area (Å²) in [5, 5.41) is 15.8. The van der Waals surface area contributed by atoms with Crippen LogP contribution in [0, 0.1) is 0 Å². The van der Waals surface area contributed by atoms with Crippen molar-refractivity contribution in [1.29, 1.82) is 0 Å². The third-order valence-electron chi connectivity index (χ3n) is 4.96. The lowest BCUT2D eigenvalue weighted by molar-refractivity contribution is -0.120. The first-order chi connectivity index (χ1) is 14.6. The number of hydrogen-bond donors (Lipinski definition) is 3. The van der Waals surface area contributed by atoms with Gasteiger partial charge in [-0.25, -0.2) is 0 Å². The molecule has 0 fully saturated rings. The van der Waals surface area contributed by atoms with Gasteiger partial charge in [0.05, 0.1) is 0 Å². The van der Waals surface area contributed by atoms with Crippen LogP contribution in [-0.4, -0.2) is 23.2 Å². The Kier molecular flexibility index (Phi) is 5.59. The second kappa shape index (κ2) is 8.47. The van der Waals surface area contributed by atoms with Gasteiger partial charge in [-0.15, -0.1) is 11.8 Å². The molecule has 0 aliphatic carbocycles. The normalized spacial score (nSPS) is 15.8. The number of amides is 2. The first-order valence-corrected chi connectivity index (χ1v) is 10.6. The fourth-order valence-electron chi connectivity index (χ4n) is 3.36. The minimum atomic E-state index is -0.717. The fourth-order valence-corrected chi connectivity index (χ4v) is 3.77. The van der Waals surface area contributed by atoms with E-state index < -0.39 is 17.9 Å². The molecule has 0 spiro atoms. The van der Waals surface area contributed by atoms with Crippen molar-refractivity contribution in [2.45, 2.75) is 10.9 Å². The number of aliphatic hydroxyl groups is 1. The van der Waals surface area contributed by atoms with E-state index in [9.17, 15) is 14.7 Å². The molecule has 1 aliphatic heterocycles. The lowest BCUT2D eigenvalue weighted by Crippen LogP contribution is -2.26. The Hall–Kier alpha value is -3.51. The number of hydrogen-bond acceptors (Lipinski definition) is 4. The number of carbonyl (C=O) groups excluding carboxylic acids is 2. The van der Waals surface area contributed by atoms with Gasteiger partial charge in [-0.2, -0.15) is 0 Å². The first-order valence-electron chi connectivity index (χ1n) is 9.41. The molecule has 3 aromatic carbocycles. The maximum atomic E-state index is 12.6. The fraction of sp³-hybridized carbons (Fsp3) is 0.0833. The zero-order valence-corrected chi connectivity index (χ0v) is 17.1. The highest BCUT2D eigenvalue weighted by Crippen LogP contribution is 2.29. The van der Waals surface area contributed by atoms with Crippen molar-refractivity contribution >= 4 is 29.3 Å². The predicted octanol–water partition coefficient (Wildman–Crippen LogP) is 4.70. The molecule has 5 nitrogen and oxygen atoms in total. The molecule has 30 heavy (non-hydrogen) atoms. The van der Waals surface area contributed by atoms with Crippen LogP contribution in [0.25, 0.3) is 11.1 Å². The lowest BCUT2D eigenvalue weighted by Gasteiger charge is -2.10. The van der Waals surface area contributed by atoms with Gasteiger partial charge in [0.25, 0.3) is 11.8 Å². The molecule has 0 radical (unpaired) electrons. The van der Waals surface area contributed by atoms with E-state index in [0.29, 0.717) is 11.3 Å². The molecule has 2 amide bonds. The van der Waals surface area contributed by atoms with Crippen LogP contribution in [0.5, 0.6) is 0 Å². The molecule has 3 N–H and O–H groups in total. The Labute approximate surface area is 178 Å². The molecule has 1 aliphatic rings. The summed E-state index contributed by atoms with van der Waals surface area (Å²) in [7, 11) is 0. The second-order valence-corrected chi connectivity index (χ2v) is 7.72. The second-order valence-electron chi connectivity index (χ2n) is 6.84. The smallest absolute Gasteiger partial charge is 0.264 e. The molecule has 4 rings (SSSR count). The highest BCUT2D eigenvalue weighted by Gasteiger charge is 2.36. The highest BCUT2D eigenvalue weighted by molar-refractivity contribution is 7.98. The zero-order valence-electron chi connectivity index (χ0n) is 16.3. The topological polar surface area (TPSA) is 78.4 Å². The van der Waals surface area contributed by atoms with Gasteiger partial charge in [0.15, 0.2) is 0 Å². The van der Waals surface area contributed by atoms with Crippen LogP contribution in [0.4, 0.5) is 5.69 Å². The van der Waals surface area contributed by atoms with E-state index in [0.717, 1.165) is 11.1 Å². The van der Waals surface area contributed by atoms with Crippen LogP contribution in [0.1, 0.15) is 11.6 Å². The van der Waals surface area contributed by atoms with Crippen molar-refractivity contribution in [3.8, 4) is 11.1 Å². The van der Waals surface area contributed by atoms with Gasteiger partial charge in [0.1, 0.15) is 17.4 Å². The van der Waals surface area contributed by atoms with Gasteiger partial charge in [0.2, 0.25) is 0 Å². The highest BCUT2D eigenvalue weighted by atomic mass is 32.2. The van der Waals surface area contributed by atoms with Gasteiger partial charge < -0.3 is 15.7 Å². The van der Waals surface area contributed by atoms with Gasteiger partial charge >= 0.3 is 0 Å². The number of thioether (sulfide) groups is 1. The minimum absolute atomic E-state index is 0.263. The third-order valence-corrected chi connectivity index (χ3v) is 5.70. The molecule has 3 aromatic rings. The summed E-state index contributed by atoms with van der Waals surface area (Å²) in [6, 6.07) is 23.9. The molecular weight excluding hydrogens is 396 g/mol. The Morgan fingerprint density at radius 1 is 0.933 bits per heavy atom. The molecule has 1 unspecified atom stereocenters. The zero-order chi connectivity index (χ0) is 21.1. The van der Waals surface area contributed by atoms with Crippen LogP contribution in [0.2, 0.25) is 0 Å². The largest absolute Gasteiger partial charge is 0.509 e. The van der Waals surface area contributed by atoms with Gasteiger partial charge in [-0.3, -0.25) is 9.59 Å². The number of anilines is 1. The average molecular weight is 417 g/mol. The minimum Gasteiger partial charge on any atom is -0.509 e. The van der Waals surface area contributed by atoms with Crippen LogP contribution in [0.3, 0.4) is 0 Å². The summed E-state index contributed by atoms with van der Waals surface area (Å²) in [6.07, 6.45) is 2.03. The van der Waals surface area contributed by atoms with Crippen molar-refractivity contribution in [3.05, 3.63) is 95.8 Å². The molecule has 0 saturated carbocycles. The van der Waals surface area contributed by atoms with E-state index in [1.807, 2.05) is 36.6 Å². The van der Waals surface area contributed by atoms with E-state index >= 15 is 0 Å². The lowest BCUT2D eigenvalue weighted by atomic mass is 10.0. The van der Waals surface area contributed by atoms with E-state index in [4.69, 9.17) is 0 Å². The van der Waals surface area contributed by atoms with Crippen molar-refractivity contribution in [2.24, 2.45) is 0 Å². The number of carbonyl (C=O) groups is 2. The van der Waals surface area contributed by atoms with Crippen molar-refractivity contribution < 1.29 is 14.7 Å². The van der Waals surface area contributed by atoms with Gasteiger partial charge in [-0.05, 0) is 47.2 Å². The molecule has 0 bridgehead atoms. The number of rotatable bonds is 5. The molecule has 150 valence electrons. The Bertz CT molecular complexity index is 1110. The number of aliphatic hydroxyl groups excluding tert-OH is 1. The average Bonchev–Trinajstić information content (AvgIpc) is 3.09. The quantitative estimate of drug-likeness (QED) is 0.416. The van der Waals surface area contributed by atoms with E-state index in [1.165, 1.54) is 4.90 Å². The Morgan fingerprint density at radius 3 is 2.13 bits per heavy atom. The molecular formula is C24H20N2O3S. The number of nitrogens with one attached hydrogen (secondary N) is 2. The van der Waals surface area contributed by atoms with E-state index in [2.05, 4.69) is 34.9 Å². The molecule has 0 aromatic heterocycles. The summed E-state index contributed by atoms with van der Waals surface area (Å²) in [5.41, 5.74) is 3.08. The van der Waals surface area contributed by atoms with Crippen LogP contribution >= 0.6 is 11.8 Å². The number of benzene rings is 3. The van der Waals surface area contributed by atoms with Crippen LogP contribution in [-0.2, 0) is 9.59 Å². The van der Waals surface area contributed by atoms with Gasteiger partial charge in [-0.1, -0.05) is 54.6 Å². The first kappa shape index (κ1) is 19.8. The van der Waals surface area contributed by atoms with Crippen molar-refractivity contribution in [1.82, 2.24) is 5.32 Å². The Morgan fingerprint density at radius 2 is 1.53 bits per heavy atom.